The van der Waals surface area contributed by atoms with E-state index in [1.54, 1.807) is 0 Å². The Labute approximate surface area is 107 Å². The van der Waals surface area contributed by atoms with Crippen LogP contribution in [0.4, 0.5) is 0 Å². The van der Waals surface area contributed by atoms with Gasteiger partial charge in [0, 0.05) is 13.2 Å². The molecule has 0 N–H and O–H groups in total. The van der Waals surface area contributed by atoms with Gasteiger partial charge in [-0.05, 0) is 12.8 Å². The van der Waals surface area contributed by atoms with E-state index in [-0.39, 0.29) is 0 Å². The summed E-state index contributed by atoms with van der Waals surface area (Å²) in [4.78, 5) is 0. The third-order valence-electron chi connectivity index (χ3n) is 1.28. The van der Waals surface area contributed by atoms with E-state index in [4.69, 9.17) is 4.74 Å². The van der Waals surface area contributed by atoms with Gasteiger partial charge in [0.05, 0.1) is 0 Å². The molecule has 0 aromatic carbocycles. The highest BCUT2D eigenvalue weighted by Gasteiger charge is 1.95. The van der Waals surface area contributed by atoms with Crippen LogP contribution in [0.5, 0.6) is 0 Å². The second-order valence-electron chi connectivity index (χ2n) is 2.57. The van der Waals surface area contributed by atoms with Gasteiger partial charge in [0.25, 0.3) is 0 Å². The molecule has 0 bridgehead atoms. The predicted molar refractivity (Wildman–Crippen MR) is 73.2 cm³/mol. The molecule has 0 saturated heterocycles. The second kappa shape index (κ2) is 16.4. The third kappa shape index (κ3) is 31.5. The summed E-state index contributed by atoms with van der Waals surface area (Å²) in [6.07, 6.45) is 4.91. The fourth-order valence-electron chi connectivity index (χ4n) is 0.595. The van der Waals surface area contributed by atoms with Crippen LogP contribution >= 0.6 is 42.2 Å². The van der Waals surface area contributed by atoms with E-state index in [2.05, 4.69) is 56.0 Å². The molecule has 0 atom stereocenters. The van der Waals surface area contributed by atoms with Crippen molar-refractivity contribution in [2.75, 3.05) is 13.2 Å². The van der Waals surface area contributed by atoms with E-state index in [0.29, 0.717) is 0 Å². The van der Waals surface area contributed by atoms with Gasteiger partial charge in [-0.25, -0.2) is 0 Å². The van der Waals surface area contributed by atoms with Crippen molar-refractivity contribution < 1.29 is 4.74 Å². The van der Waals surface area contributed by atoms with E-state index >= 15 is 0 Å². The Morgan fingerprint density at radius 3 is 1.46 bits per heavy atom. The van der Waals surface area contributed by atoms with Crippen molar-refractivity contribution in [2.24, 2.45) is 0 Å². The Morgan fingerprint density at radius 2 is 1.23 bits per heavy atom. The zero-order chi connectivity index (χ0) is 10.5. The Morgan fingerprint density at radius 1 is 0.923 bits per heavy atom. The second-order valence-corrected chi connectivity index (χ2v) is 22.4. The molecule has 0 rings (SSSR count). The molecule has 0 aliphatic rings. The summed E-state index contributed by atoms with van der Waals surface area (Å²) >= 11 is 9.73. The minimum atomic E-state index is -0.701. The van der Waals surface area contributed by atoms with Crippen LogP contribution in [0.3, 0.4) is 0 Å². The van der Waals surface area contributed by atoms with Crippen molar-refractivity contribution >= 4 is 50.8 Å². The lowest BCUT2D eigenvalue weighted by molar-refractivity contribution is 0.128. The zero-order valence-corrected chi connectivity index (χ0v) is 14.3. The topological polar surface area (TPSA) is 9.23 Å². The highest BCUT2D eigenvalue weighted by Crippen LogP contribution is 2.07. The normalized spacial score (nSPS) is 9.00. The average Bonchev–Trinajstić information content (AvgIpc) is 2.03. The first-order valence-corrected chi connectivity index (χ1v) is 14.2. The Hall–Kier alpha value is 1.93. The Kier molecular flexibility index (Phi) is 21.8. The number of hydrogen-bond donors (Lipinski definition) is 0. The third-order valence-corrected chi connectivity index (χ3v) is 1.28. The van der Waals surface area contributed by atoms with Gasteiger partial charge in [-0.2, -0.15) is 42.2 Å². The van der Waals surface area contributed by atoms with Gasteiger partial charge in [0.15, 0.2) is 0 Å². The standard InChI is InChI=1S/C8H18O.Al.3BrH/c1-3-5-7-9-8-6-4-2;;;;/h3-8H2,1-2H3;;3*1H/q;+3;;;/p-3. The minimum absolute atomic E-state index is 0.701. The minimum Gasteiger partial charge on any atom is -0.381 e. The molecular formula is C8H18AlBr3O. The SMILES string of the molecule is CCCCOCCCC.[Br][Al]([Br])[Br]. The van der Waals surface area contributed by atoms with Crippen LogP contribution in [0.25, 0.3) is 0 Å². The number of halogens is 3. The van der Waals surface area contributed by atoms with E-state index in [9.17, 15) is 0 Å². The van der Waals surface area contributed by atoms with E-state index in [1.165, 1.54) is 25.7 Å². The largest absolute Gasteiger partial charge is 0.542 e. The molecule has 0 heterocycles. The van der Waals surface area contributed by atoms with Gasteiger partial charge in [-0.15, -0.1) is 0 Å². The quantitative estimate of drug-likeness (QED) is 0.464. The monoisotopic (exact) mass is 394 g/mol. The molecule has 0 amide bonds. The molecule has 0 unspecified atom stereocenters. The van der Waals surface area contributed by atoms with Crippen LogP contribution in [0.1, 0.15) is 39.5 Å². The van der Waals surface area contributed by atoms with Crippen molar-refractivity contribution in [3.05, 3.63) is 0 Å². The van der Waals surface area contributed by atoms with Crippen LogP contribution in [-0.2, 0) is 4.74 Å². The number of rotatable bonds is 6. The lowest BCUT2D eigenvalue weighted by Crippen LogP contribution is -1.95. The maximum absolute atomic E-state index is 5.31. The molecule has 0 aliphatic heterocycles. The van der Waals surface area contributed by atoms with Crippen molar-refractivity contribution in [2.45, 2.75) is 39.5 Å². The number of hydrogen-bond acceptors (Lipinski definition) is 1. The first-order valence-electron chi connectivity index (χ1n) is 4.65. The summed E-state index contributed by atoms with van der Waals surface area (Å²) in [7, 11) is -0.701. The lowest BCUT2D eigenvalue weighted by Gasteiger charge is -1.99. The van der Waals surface area contributed by atoms with Crippen LogP contribution in [-0.4, -0.2) is 21.9 Å². The van der Waals surface area contributed by atoms with Crippen LogP contribution < -0.4 is 0 Å². The molecule has 0 aromatic heterocycles. The Balaban J connectivity index is 0. The van der Waals surface area contributed by atoms with Gasteiger partial charge in [-0.3, -0.25) is 0 Å². The van der Waals surface area contributed by atoms with Gasteiger partial charge in [0.1, 0.15) is 0 Å². The summed E-state index contributed by atoms with van der Waals surface area (Å²) in [5.41, 5.74) is 0. The van der Waals surface area contributed by atoms with Crippen molar-refractivity contribution in [3.63, 3.8) is 0 Å². The van der Waals surface area contributed by atoms with Crippen LogP contribution in [0.2, 0.25) is 0 Å². The summed E-state index contributed by atoms with van der Waals surface area (Å²) < 4.78 is 5.31. The van der Waals surface area contributed by atoms with Crippen molar-refractivity contribution in [1.82, 2.24) is 0 Å². The first kappa shape index (κ1) is 17.3. The predicted octanol–water partition coefficient (Wildman–Crippen LogP) is 4.76. The van der Waals surface area contributed by atoms with Gasteiger partial charge >= 0.3 is 8.67 Å². The maximum Gasteiger partial charge on any atom is 0.542 e. The van der Waals surface area contributed by atoms with E-state index < -0.39 is 8.67 Å². The van der Waals surface area contributed by atoms with Crippen LogP contribution in [0, 0.1) is 0 Å². The van der Waals surface area contributed by atoms with Gasteiger partial charge < -0.3 is 4.74 Å². The molecule has 1 nitrogen and oxygen atoms in total. The average molecular weight is 397 g/mol. The van der Waals surface area contributed by atoms with E-state index in [1.807, 2.05) is 0 Å². The van der Waals surface area contributed by atoms with Crippen LogP contribution in [0.15, 0.2) is 0 Å². The first-order chi connectivity index (χ1) is 6.15. The van der Waals surface area contributed by atoms with Crippen molar-refractivity contribution in [3.8, 4) is 0 Å². The summed E-state index contributed by atoms with van der Waals surface area (Å²) in [5.74, 6) is 0. The molecule has 0 aromatic rings. The smallest absolute Gasteiger partial charge is 0.381 e. The fraction of sp³-hybridized carbons (Fsp3) is 1.00. The lowest BCUT2D eigenvalue weighted by atomic mass is 10.3. The highest BCUT2D eigenvalue weighted by atomic mass is 80.0. The summed E-state index contributed by atoms with van der Waals surface area (Å²) in [5, 5.41) is 0. The zero-order valence-electron chi connectivity index (χ0n) is 8.36. The number of unbranched alkanes of at least 4 members (excludes halogenated alkanes) is 2. The van der Waals surface area contributed by atoms with Crippen molar-refractivity contribution in [1.29, 1.82) is 0 Å². The van der Waals surface area contributed by atoms with Gasteiger partial charge in [0.2, 0.25) is 0 Å². The summed E-state index contributed by atoms with van der Waals surface area (Å²) in [6.45, 7) is 6.28. The maximum atomic E-state index is 5.31. The van der Waals surface area contributed by atoms with Gasteiger partial charge in [-0.1, -0.05) is 26.7 Å². The number of ether oxygens (including phenoxy) is 1. The molecule has 13 heavy (non-hydrogen) atoms. The molecule has 0 fully saturated rings. The molecule has 5 heteroatoms. The summed E-state index contributed by atoms with van der Waals surface area (Å²) in [6, 6.07) is 0. The molecule has 80 valence electrons. The van der Waals surface area contributed by atoms with E-state index in [0.717, 1.165) is 13.2 Å². The molecule has 0 radical (unpaired) electrons. The molecule has 0 aliphatic carbocycles. The molecule has 0 spiro atoms. The molecule has 0 saturated carbocycles. The highest BCUT2D eigenvalue weighted by molar-refractivity contribution is 9.69. The Bertz CT molecular complexity index is 75.0. The molecular weight excluding hydrogens is 379 g/mol. The fourth-order valence-corrected chi connectivity index (χ4v) is 0.595.